The number of ether oxygens (including phenoxy) is 2. The molecule has 1 aliphatic heterocycles. The molecule has 0 radical (unpaired) electrons. The molecule has 0 bridgehead atoms. The van der Waals surface area contributed by atoms with Gasteiger partial charge in [-0.3, -0.25) is 13.9 Å². The number of hydrogen-bond donors (Lipinski definition) is 2. The van der Waals surface area contributed by atoms with Crippen molar-refractivity contribution in [3.8, 4) is 5.75 Å². The van der Waals surface area contributed by atoms with Crippen molar-refractivity contribution in [2.24, 2.45) is 5.10 Å². The predicted molar refractivity (Wildman–Crippen MR) is 138 cm³/mol. The molecule has 2 aromatic rings. The first kappa shape index (κ1) is 30.2. The maximum atomic E-state index is 13.1. The van der Waals surface area contributed by atoms with Gasteiger partial charge in [0.1, 0.15) is 12.3 Å². The largest absolute Gasteiger partial charge is 0.484 e. The molecule has 0 spiro atoms. The maximum Gasteiger partial charge on any atom is 0.416 e. The number of sulfonamides is 1. The normalized spacial score (nSPS) is 15.8. The number of halogens is 4. The van der Waals surface area contributed by atoms with E-state index < -0.39 is 39.9 Å². The van der Waals surface area contributed by atoms with E-state index in [0.29, 0.717) is 40.9 Å². The third-order valence-corrected chi connectivity index (χ3v) is 6.88. The van der Waals surface area contributed by atoms with Gasteiger partial charge in [0.2, 0.25) is 10.0 Å². The molecule has 0 aliphatic carbocycles. The van der Waals surface area contributed by atoms with E-state index in [1.165, 1.54) is 6.21 Å². The van der Waals surface area contributed by atoms with Gasteiger partial charge < -0.3 is 14.8 Å². The molecule has 1 aliphatic rings. The van der Waals surface area contributed by atoms with E-state index in [0.717, 1.165) is 25.2 Å². The first-order chi connectivity index (χ1) is 18.3. The second-order valence-corrected chi connectivity index (χ2v) is 10.8. The number of rotatable bonds is 11. The van der Waals surface area contributed by atoms with E-state index in [-0.39, 0.29) is 23.6 Å². The van der Waals surface area contributed by atoms with Crippen LogP contribution in [0.1, 0.15) is 24.0 Å². The van der Waals surface area contributed by atoms with E-state index in [2.05, 4.69) is 15.8 Å². The van der Waals surface area contributed by atoms with Crippen molar-refractivity contribution in [1.29, 1.82) is 0 Å². The van der Waals surface area contributed by atoms with Crippen LogP contribution in [0.2, 0.25) is 5.02 Å². The van der Waals surface area contributed by atoms with Crippen LogP contribution in [0.4, 0.5) is 18.9 Å². The van der Waals surface area contributed by atoms with Gasteiger partial charge in [0.25, 0.3) is 11.8 Å². The third kappa shape index (κ3) is 9.41. The lowest BCUT2D eigenvalue weighted by Gasteiger charge is -2.23. The molecule has 1 fully saturated rings. The molecule has 2 N–H and O–H groups in total. The number of anilines is 1. The van der Waals surface area contributed by atoms with Crippen molar-refractivity contribution >= 4 is 45.3 Å². The molecule has 3 rings (SSSR count). The van der Waals surface area contributed by atoms with Crippen LogP contribution in [0.5, 0.6) is 5.75 Å². The molecule has 0 aromatic heterocycles. The number of hydrazone groups is 1. The first-order valence-corrected chi connectivity index (χ1v) is 13.8. The van der Waals surface area contributed by atoms with Crippen LogP contribution in [0.25, 0.3) is 0 Å². The first-order valence-electron chi connectivity index (χ1n) is 11.6. The Morgan fingerprint density at radius 3 is 2.54 bits per heavy atom. The molecule has 212 valence electrons. The summed E-state index contributed by atoms with van der Waals surface area (Å²) in [6, 6.07) is 8.51. The molecule has 2 aromatic carbocycles. The average Bonchev–Trinajstić information content (AvgIpc) is 3.38. The number of benzene rings is 2. The SMILES string of the molecule is CS(=O)(=O)N(CC(=O)N/N=C/c1ccc(OCC(=O)NCC2CCCO2)cc1)c1cc(C(F)(F)F)ccc1Cl. The van der Waals surface area contributed by atoms with E-state index >= 15 is 0 Å². The Labute approximate surface area is 228 Å². The van der Waals surface area contributed by atoms with Gasteiger partial charge in [-0.05, 0) is 60.9 Å². The summed E-state index contributed by atoms with van der Waals surface area (Å²) < 4.78 is 75.1. The molecule has 1 unspecified atom stereocenters. The summed E-state index contributed by atoms with van der Waals surface area (Å²) >= 11 is 5.94. The number of nitrogens with one attached hydrogen (secondary N) is 2. The zero-order chi connectivity index (χ0) is 28.6. The van der Waals surface area contributed by atoms with Crippen molar-refractivity contribution in [3.05, 3.63) is 58.6 Å². The van der Waals surface area contributed by atoms with Gasteiger partial charge in [-0.15, -0.1) is 0 Å². The summed E-state index contributed by atoms with van der Waals surface area (Å²) in [6.07, 6.45) is -0.836. The van der Waals surface area contributed by atoms with Gasteiger partial charge >= 0.3 is 6.18 Å². The van der Waals surface area contributed by atoms with Crippen LogP contribution in [0, 0.1) is 0 Å². The van der Waals surface area contributed by atoms with Gasteiger partial charge in [0, 0.05) is 13.2 Å². The predicted octanol–water partition coefficient (Wildman–Crippen LogP) is 2.95. The third-order valence-electron chi connectivity index (χ3n) is 5.43. The van der Waals surface area contributed by atoms with E-state index in [4.69, 9.17) is 21.1 Å². The smallest absolute Gasteiger partial charge is 0.416 e. The fourth-order valence-electron chi connectivity index (χ4n) is 3.49. The fourth-order valence-corrected chi connectivity index (χ4v) is 4.62. The molecule has 1 heterocycles. The standard InChI is InChI=1S/C24H26ClF3N4O6S/c1-39(35,36)32(21-11-17(24(26,27)28)6-9-20(21)25)14-22(33)31-30-12-16-4-7-18(8-5-16)38-15-23(34)29-13-19-3-2-10-37-19/h4-9,11-12,19H,2-3,10,13-15H2,1H3,(H,29,34)(H,31,33)/b30-12+. The minimum absolute atomic E-state index is 0.0286. The average molecular weight is 591 g/mol. The van der Waals surface area contributed by atoms with Gasteiger partial charge in [0.15, 0.2) is 6.61 Å². The Hall–Kier alpha value is -3.36. The second kappa shape index (κ2) is 13.1. The minimum atomic E-state index is -4.74. The number of hydrogen-bond acceptors (Lipinski definition) is 7. The van der Waals surface area contributed by atoms with Gasteiger partial charge in [0.05, 0.1) is 34.8 Å². The topological polar surface area (TPSA) is 126 Å². The Morgan fingerprint density at radius 2 is 1.92 bits per heavy atom. The van der Waals surface area contributed by atoms with Crippen LogP contribution in [0.15, 0.2) is 47.6 Å². The lowest BCUT2D eigenvalue weighted by atomic mass is 10.2. The Kier molecular flexibility index (Phi) is 10.2. The molecule has 10 nitrogen and oxygen atoms in total. The number of alkyl halides is 3. The summed E-state index contributed by atoms with van der Waals surface area (Å²) in [4.78, 5) is 24.2. The Balaban J connectivity index is 1.53. The lowest BCUT2D eigenvalue weighted by molar-refractivity contribution is -0.137. The van der Waals surface area contributed by atoms with E-state index in [1.807, 2.05) is 0 Å². The lowest BCUT2D eigenvalue weighted by Crippen LogP contribution is -2.39. The van der Waals surface area contributed by atoms with E-state index in [1.54, 1.807) is 24.3 Å². The second-order valence-electron chi connectivity index (χ2n) is 8.52. The molecule has 1 atom stereocenters. The van der Waals surface area contributed by atoms with Gasteiger partial charge in [-0.2, -0.15) is 18.3 Å². The van der Waals surface area contributed by atoms with Gasteiger partial charge in [-0.1, -0.05) is 11.6 Å². The Morgan fingerprint density at radius 1 is 1.21 bits per heavy atom. The number of carbonyl (C=O) groups excluding carboxylic acids is 2. The zero-order valence-electron chi connectivity index (χ0n) is 20.7. The summed E-state index contributed by atoms with van der Waals surface area (Å²) in [5.41, 5.74) is 1.04. The van der Waals surface area contributed by atoms with Crippen molar-refractivity contribution in [3.63, 3.8) is 0 Å². The molecule has 2 amide bonds. The quantitative estimate of drug-likeness (QED) is 0.306. The molecule has 1 saturated heterocycles. The highest BCUT2D eigenvalue weighted by Gasteiger charge is 2.33. The zero-order valence-corrected chi connectivity index (χ0v) is 22.3. The van der Waals surface area contributed by atoms with Crippen LogP contribution in [-0.4, -0.2) is 65.1 Å². The van der Waals surface area contributed by atoms with Crippen LogP contribution in [-0.2, 0) is 30.5 Å². The number of nitrogens with zero attached hydrogens (tertiary/aromatic N) is 2. The maximum absolute atomic E-state index is 13.1. The van der Waals surface area contributed by atoms with Crippen molar-refractivity contribution < 1.29 is 40.7 Å². The van der Waals surface area contributed by atoms with Crippen LogP contribution in [0.3, 0.4) is 0 Å². The van der Waals surface area contributed by atoms with Gasteiger partial charge in [-0.25, -0.2) is 13.8 Å². The minimum Gasteiger partial charge on any atom is -0.484 e. The summed E-state index contributed by atoms with van der Waals surface area (Å²) in [6.45, 7) is 0.0876. The number of carbonyl (C=O) groups is 2. The highest BCUT2D eigenvalue weighted by atomic mass is 35.5. The summed E-state index contributed by atoms with van der Waals surface area (Å²) in [7, 11) is -4.18. The highest BCUT2D eigenvalue weighted by molar-refractivity contribution is 7.92. The summed E-state index contributed by atoms with van der Waals surface area (Å²) in [5.74, 6) is -0.780. The van der Waals surface area contributed by atoms with Crippen LogP contribution < -0.4 is 19.8 Å². The molecular formula is C24H26ClF3N4O6S. The molecule has 15 heteroatoms. The van der Waals surface area contributed by atoms with Crippen molar-refractivity contribution in [2.75, 3.05) is 36.9 Å². The highest BCUT2D eigenvalue weighted by Crippen LogP contribution is 2.36. The van der Waals surface area contributed by atoms with Crippen LogP contribution >= 0.6 is 11.6 Å². The molecule has 39 heavy (non-hydrogen) atoms. The van der Waals surface area contributed by atoms with Crippen molar-refractivity contribution in [1.82, 2.24) is 10.7 Å². The van der Waals surface area contributed by atoms with E-state index in [9.17, 15) is 31.2 Å². The Bertz CT molecular complexity index is 1300. The fraction of sp³-hybridized carbons (Fsp3) is 0.375. The number of amides is 2. The van der Waals surface area contributed by atoms with Crippen molar-refractivity contribution in [2.45, 2.75) is 25.1 Å². The summed E-state index contributed by atoms with van der Waals surface area (Å²) in [5, 5.41) is 6.20. The monoisotopic (exact) mass is 590 g/mol. The molecular weight excluding hydrogens is 565 g/mol. The molecule has 0 saturated carbocycles.